The van der Waals surface area contributed by atoms with Gasteiger partial charge in [0.1, 0.15) is 6.04 Å². The number of fused-ring (bicyclic) bond motifs is 1. The minimum Gasteiger partial charge on any atom is -0.481 e. The molecule has 12 nitrogen and oxygen atoms in total. The van der Waals surface area contributed by atoms with Gasteiger partial charge in [-0.2, -0.15) is 0 Å². The van der Waals surface area contributed by atoms with E-state index in [0.29, 0.717) is 0 Å². The maximum absolute atomic E-state index is 13.0. The number of rotatable bonds is 10. The molecule has 0 aliphatic carbocycles. The van der Waals surface area contributed by atoms with E-state index < -0.39 is 41.5 Å². The molecule has 2 aliphatic heterocycles. The maximum Gasteiger partial charge on any atom is 0.305 e. The van der Waals surface area contributed by atoms with Crippen LogP contribution in [0.15, 0.2) is 18.2 Å². The Morgan fingerprint density at radius 2 is 1.94 bits per heavy atom. The van der Waals surface area contributed by atoms with E-state index in [9.17, 15) is 28.8 Å². The van der Waals surface area contributed by atoms with E-state index in [-0.39, 0.29) is 62.4 Å². The predicted molar refractivity (Wildman–Crippen MR) is 108 cm³/mol. The number of benzene rings is 1. The van der Waals surface area contributed by atoms with E-state index in [2.05, 4.69) is 16.0 Å². The van der Waals surface area contributed by atoms with Crippen LogP contribution in [0.5, 0.6) is 0 Å². The molecule has 1 aromatic carbocycles. The summed E-state index contributed by atoms with van der Waals surface area (Å²) in [6.45, 7) is 0.173. The Morgan fingerprint density at radius 1 is 1.16 bits per heavy atom. The monoisotopic (exact) mass is 446 g/mol. The van der Waals surface area contributed by atoms with Crippen LogP contribution in [0.3, 0.4) is 0 Å². The molecule has 12 heteroatoms. The van der Waals surface area contributed by atoms with Gasteiger partial charge >= 0.3 is 5.97 Å². The van der Waals surface area contributed by atoms with Gasteiger partial charge in [-0.25, -0.2) is 0 Å². The number of nitrogens with zero attached hydrogens (tertiary/aromatic N) is 1. The van der Waals surface area contributed by atoms with Crippen LogP contribution in [-0.2, 0) is 23.9 Å². The van der Waals surface area contributed by atoms with E-state index in [1.165, 1.54) is 6.07 Å². The van der Waals surface area contributed by atoms with Gasteiger partial charge in [0.05, 0.1) is 37.3 Å². The van der Waals surface area contributed by atoms with Crippen molar-refractivity contribution < 1.29 is 38.6 Å². The summed E-state index contributed by atoms with van der Waals surface area (Å²) in [5.41, 5.74) is 0.437. The number of nitrogens with one attached hydrogen (secondary N) is 3. The number of carboxylic acid groups (broad SMARTS) is 1. The van der Waals surface area contributed by atoms with Crippen molar-refractivity contribution in [2.45, 2.75) is 25.3 Å². The second-order valence-electron chi connectivity index (χ2n) is 7.13. The topological polar surface area (TPSA) is 171 Å². The van der Waals surface area contributed by atoms with Crippen LogP contribution < -0.4 is 16.0 Å². The van der Waals surface area contributed by atoms with Crippen LogP contribution in [0.1, 0.15) is 40.0 Å². The quantitative estimate of drug-likeness (QED) is 0.263. The van der Waals surface area contributed by atoms with Crippen LogP contribution in [0, 0.1) is 0 Å². The SMILES string of the molecule is O=C(O)CCOCCNC(=O)CNc1cccc2c1C(=O)N(C1CCC(=O)NC1=O)C2=O. The predicted octanol–water partition coefficient (Wildman–Crippen LogP) is -0.893. The lowest BCUT2D eigenvalue weighted by Crippen LogP contribution is -2.54. The molecule has 3 rings (SSSR count). The average Bonchev–Trinajstić information content (AvgIpc) is 3.00. The molecule has 1 unspecified atom stereocenters. The Hall–Kier alpha value is -3.80. The van der Waals surface area contributed by atoms with Crippen LogP contribution in [-0.4, -0.2) is 77.9 Å². The average molecular weight is 446 g/mol. The fourth-order valence-corrected chi connectivity index (χ4v) is 3.42. The zero-order chi connectivity index (χ0) is 23.3. The first kappa shape index (κ1) is 22.9. The van der Waals surface area contributed by atoms with Crippen molar-refractivity contribution in [2.75, 3.05) is 31.6 Å². The molecule has 1 aromatic rings. The number of amides is 5. The van der Waals surface area contributed by atoms with Gasteiger partial charge in [0.15, 0.2) is 0 Å². The number of aliphatic carboxylic acids is 1. The van der Waals surface area contributed by atoms with Crippen molar-refractivity contribution in [3.63, 3.8) is 0 Å². The summed E-state index contributed by atoms with van der Waals surface area (Å²) in [5, 5.41) is 16.0. The van der Waals surface area contributed by atoms with Crippen LogP contribution in [0.4, 0.5) is 5.69 Å². The molecule has 170 valence electrons. The van der Waals surface area contributed by atoms with Crippen molar-refractivity contribution in [3.8, 4) is 0 Å². The van der Waals surface area contributed by atoms with E-state index in [0.717, 1.165) is 4.90 Å². The van der Waals surface area contributed by atoms with Gasteiger partial charge in [-0.05, 0) is 18.6 Å². The Balaban J connectivity index is 1.58. The van der Waals surface area contributed by atoms with Gasteiger partial charge in [0, 0.05) is 18.7 Å². The fourth-order valence-electron chi connectivity index (χ4n) is 3.42. The van der Waals surface area contributed by atoms with Crippen molar-refractivity contribution in [1.29, 1.82) is 0 Å². The molecular formula is C20H22N4O8. The summed E-state index contributed by atoms with van der Waals surface area (Å²) in [7, 11) is 0. The number of imide groups is 2. The number of carboxylic acids is 1. The summed E-state index contributed by atoms with van der Waals surface area (Å²) in [6, 6.07) is 3.48. The van der Waals surface area contributed by atoms with Crippen LogP contribution in [0.25, 0.3) is 0 Å². The second-order valence-corrected chi connectivity index (χ2v) is 7.13. The first-order valence-electron chi connectivity index (χ1n) is 9.94. The minimum atomic E-state index is -1.07. The number of hydrogen-bond acceptors (Lipinski definition) is 8. The molecule has 0 aromatic heterocycles. The largest absolute Gasteiger partial charge is 0.481 e. The third-order valence-electron chi connectivity index (χ3n) is 4.94. The molecule has 0 saturated carbocycles. The fraction of sp³-hybridized carbons (Fsp3) is 0.400. The zero-order valence-electron chi connectivity index (χ0n) is 17.0. The number of piperidine rings is 1. The minimum absolute atomic E-state index is 0.0229. The highest BCUT2D eigenvalue weighted by Gasteiger charge is 2.45. The summed E-state index contributed by atoms with van der Waals surface area (Å²) in [4.78, 5) is 72.5. The van der Waals surface area contributed by atoms with Crippen molar-refractivity contribution in [2.24, 2.45) is 0 Å². The number of carbonyl (C=O) groups is 6. The molecule has 1 atom stereocenters. The van der Waals surface area contributed by atoms with Crippen molar-refractivity contribution in [1.82, 2.24) is 15.5 Å². The molecule has 4 N–H and O–H groups in total. The van der Waals surface area contributed by atoms with Crippen molar-refractivity contribution in [3.05, 3.63) is 29.3 Å². The van der Waals surface area contributed by atoms with Crippen LogP contribution in [0.2, 0.25) is 0 Å². The summed E-state index contributed by atoms with van der Waals surface area (Å²) < 4.78 is 5.07. The maximum atomic E-state index is 13.0. The molecule has 0 spiro atoms. The molecule has 2 heterocycles. The molecule has 1 fully saturated rings. The lowest BCUT2D eigenvalue weighted by molar-refractivity contribution is -0.138. The summed E-state index contributed by atoms with van der Waals surface area (Å²) >= 11 is 0. The van der Waals surface area contributed by atoms with Gasteiger partial charge in [-0.1, -0.05) is 6.07 Å². The summed E-state index contributed by atoms with van der Waals surface area (Å²) in [5.74, 6) is -3.83. The van der Waals surface area contributed by atoms with Gasteiger partial charge in [0.2, 0.25) is 17.7 Å². The second kappa shape index (κ2) is 10.0. The lowest BCUT2D eigenvalue weighted by atomic mass is 10.0. The van der Waals surface area contributed by atoms with E-state index in [1.54, 1.807) is 12.1 Å². The molecule has 0 bridgehead atoms. The standard InChI is InChI=1S/C20H22N4O8/c25-14-5-4-13(18(29)23-14)24-19(30)11-2-1-3-12(17(11)20(24)31)22-10-15(26)21-7-9-32-8-6-16(27)28/h1-3,13,22H,4-10H2,(H,21,26)(H,27,28)(H,23,25,29). The normalized spacial score (nSPS) is 17.8. The Bertz CT molecular complexity index is 976. The zero-order valence-corrected chi connectivity index (χ0v) is 17.0. The first-order chi connectivity index (χ1) is 15.3. The number of hydrogen-bond donors (Lipinski definition) is 4. The highest BCUT2D eigenvalue weighted by Crippen LogP contribution is 2.32. The van der Waals surface area contributed by atoms with Gasteiger partial charge in [-0.15, -0.1) is 0 Å². The van der Waals surface area contributed by atoms with Crippen LogP contribution >= 0.6 is 0 Å². The summed E-state index contributed by atoms with van der Waals surface area (Å²) in [6.07, 6.45) is -0.0534. The number of ether oxygens (including phenoxy) is 1. The third kappa shape index (κ3) is 5.09. The highest BCUT2D eigenvalue weighted by molar-refractivity contribution is 6.25. The molecule has 0 radical (unpaired) electrons. The molecular weight excluding hydrogens is 424 g/mol. The lowest BCUT2D eigenvalue weighted by Gasteiger charge is -2.27. The molecule has 32 heavy (non-hydrogen) atoms. The van der Waals surface area contributed by atoms with E-state index in [1.807, 2.05) is 0 Å². The highest BCUT2D eigenvalue weighted by atomic mass is 16.5. The van der Waals surface area contributed by atoms with Crippen molar-refractivity contribution >= 4 is 41.2 Å². The number of anilines is 1. The smallest absolute Gasteiger partial charge is 0.305 e. The first-order valence-corrected chi connectivity index (χ1v) is 9.94. The molecule has 2 aliphatic rings. The van der Waals surface area contributed by atoms with Gasteiger partial charge in [-0.3, -0.25) is 39.0 Å². The molecule has 5 amide bonds. The molecule has 1 saturated heterocycles. The Morgan fingerprint density at radius 3 is 2.66 bits per heavy atom. The third-order valence-corrected chi connectivity index (χ3v) is 4.94. The number of carbonyl (C=O) groups excluding carboxylic acids is 5. The Kier molecular flexibility index (Phi) is 7.15. The Labute approximate surface area is 182 Å². The van der Waals surface area contributed by atoms with E-state index in [4.69, 9.17) is 9.84 Å². The van der Waals surface area contributed by atoms with E-state index >= 15 is 0 Å². The van der Waals surface area contributed by atoms with Gasteiger partial charge < -0.3 is 20.5 Å². The van der Waals surface area contributed by atoms with Gasteiger partial charge in [0.25, 0.3) is 11.8 Å².